The predicted molar refractivity (Wildman–Crippen MR) is 118 cm³/mol. The van der Waals surface area contributed by atoms with Gasteiger partial charge in [0.25, 0.3) is 0 Å². The maximum absolute atomic E-state index is 12.2. The highest BCUT2D eigenvalue weighted by Crippen LogP contribution is 2.19. The summed E-state index contributed by atoms with van der Waals surface area (Å²) in [6.45, 7) is 4.43. The SMILES string of the molecule is Cc1ccc(CC(=O)N/N=C\c2ccccc2OCc2cccc(Cl)c2)c(C)c1. The Hall–Kier alpha value is -3.11. The van der Waals surface area contributed by atoms with Gasteiger partial charge in [0.1, 0.15) is 12.4 Å². The molecule has 3 aromatic carbocycles. The number of carbonyl (C=O) groups is 1. The summed E-state index contributed by atoms with van der Waals surface area (Å²) < 4.78 is 5.90. The molecule has 0 aliphatic heterocycles. The third-order valence-electron chi connectivity index (χ3n) is 4.44. The maximum Gasteiger partial charge on any atom is 0.244 e. The summed E-state index contributed by atoms with van der Waals surface area (Å²) in [5.41, 5.74) is 7.62. The average molecular weight is 407 g/mol. The van der Waals surface area contributed by atoms with Gasteiger partial charge in [-0.1, -0.05) is 59.6 Å². The molecule has 29 heavy (non-hydrogen) atoms. The molecule has 0 heterocycles. The van der Waals surface area contributed by atoms with Gasteiger partial charge in [-0.05, 0) is 54.8 Å². The molecule has 0 radical (unpaired) electrons. The number of ether oxygens (including phenoxy) is 1. The summed E-state index contributed by atoms with van der Waals surface area (Å²) in [5, 5.41) is 4.76. The number of benzene rings is 3. The Morgan fingerprint density at radius 1 is 1.07 bits per heavy atom. The largest absolute Gasteiger partial charge is 0.488 e. The normalized spacial score (nSPS) is 10.9. The number of hydrogen-bond donors (Lipinski definition) is 1. The van der Waals surface area contributed by atoms with E-state index in [-0.39, 0.29) is 12.3 Å². The Labute approximate surface area is 176 Å². The number of aryl methyl sites for hydroxylation is 2. The van der Waals surface area contributed by atoms with Crippen LogP contribution < -0.4 is 10.2 Å². The molecule has 0 aliphatic carbocycles. The highest BCUT2D eigenvalue weighted by atomic mass is 35.5. The van der Waals surface area contributed by atoms with Crippen molar-refractivity contribution in [2.75, 3.05) is 0 Å². The Morgan fingerprint density at radius 2 is 1.90 bits per heavy atom. The van der Waals surface area contributed by atoms with Crippen molar-refractivity contribution >= 4 is 23.7 Å². The van der Waals surface area contributed by atoms with Crippen LogP contribution in [0, 0.1) is 13.8 Å². The number of carbonyl (C=O) groups excluding carboxylic acids is 1. The molecule has 5 heteroatoms. The molecule has 0 aliphatic rings. The number of nitrogens with one attached hydrogen (secondary N) is 1. The second-order valence-electron chi connectivity index (χ2n) is 6.86. The van der Waals surface area contributed by atoms with Gasteiger partial charge < -0.3 is 4.74 Å². The number of hydrazone groups is 1. The minimum Gasteiger partial charge on any atom is -0.488 e. The molecule has 0 aromatic heterocycles. The van der Waals surface area contributed by atoms with Gasteiger partial charge in [-0.3, -0.25) is 4.79 Å². The van der Waals surface area contributed by atoms with Crippen molar-refractivity contribution in [1.29, 1.82) is 0 Å². The van der Waals surface area contributed by atoms with Gasteiger partial charge in [-0.25, -0.2) is 5.43 Å². The number of para-hydroxylation sites is 1. The minimum atomic E-state index is -0.162. The number of amides is 1. The Balaban J connectivity index is 1.59. The van der Waals surface area contributed by atoms with E-state index in [9.17, 15) is 4.79 Å². The number of hydrogen-bond acceptors (Lipinski definition) is 3. The van der Waals surface area contributed by atoms with E-state index in [1.165, 1.54) is 5.56 Å². The van der Waals surface area contributed by atoms with Crippen molar-refractivity contribution in [1.82, 2.24) is 5.43 Å². The first-order valence-electron chi connectivity index (χ1n) is 9.35. The van der Waals surface area contributed by atoms with Crippen LogP contribution in [0.5, 0.6) is 5.75 Å². The van der Waals surface area contributed by atoms with Crippen molar-refractivity contribution < 1.29 is 9.53 Å². The van der Waals surface area contributed by atoms with E-state index in [1.807, 2.05) is 74.5 Å². The number of rotatable bonds is 7. The molecule has 0 bridgehead atoms. The zero-order valence-corrected chi connectivity index (χ0v) is 17.2. The molecule has 0 unspecified atom stereocenters. The fourth-order valence-electron chi connectivity index (χ4n) is 2.94. The second-order valence-corrected chi connectivity index (χ2v) is 7.29. The highest BCUT2D eigenvalue weighted by Gasteiger charge is 2.06. The van der Waals surface area contributed by atoms with E-state index in [0.717, 1.165) is 22.3 Å². The zero-order chi connectivity index (χ0) is 20.6. The van der Waals surface area contributed by atoms with Crippen molar-refractivity contribution in [2.45, 2.75) is 26.9 Å². The van der Waals surface area contributed by atoms with Crippen molar-refractivity contribution in [3.8, 4) is 5.75 Å². The summed E-state index contributed by atoms with van der Waals surface area (Å²) in [6, 6.07) is 21.1. The fraction of sp³-hybridized carbons (Fsp3) is 0.167. The Bertz CT molecular complexity index is 1030. The van der Waals surface area contributed by atoms with Crippen LogP contribution in [0.1, 0.15) is 27.8 Å². The Kier molecular flexibility index (Phi) is 7.04. The van der Waals surface area contributed by atoms with E-state index in [2.05, 4.69) is 16.6 Å². The number of nitrogens with zero attached hydrogens (tertiary/aromatic N) is 1. The molecule has 0 fully saturated rings. The van der Waals surface area contributed by atoms with Gasteiger partial charge in [0.05, 0.1) is 12.6 Å². The second kappa shape index (κ2) is 9.89. The van der Waals surface area contributed by atoms with Crippen LogP contribution in [0.15, 0.2) is 71.8 Å². The third-order valence-corrected chi connectivity index (χ3v) is 4.68. The van der Waals surface area contributed by atoms with Gasteiger partial charge in [0, 0.05) is 10.6 Å². The van der Waals surface area contributed by atoms with Crippen molar-refractivity contribution in [2.24, 2.45) is 5.10 Å². The molecular formula is C24H23ClN2O2. The lowest BCUT2D eigenvalue weighted by atomic mass is 10.0. The summed E-state index contributed by atoms with van der Waals surface area (Å²) in [6.07, 6.45) is 1.88. The van der Waals surface area contributed by atoms with Crippen molar-refractivity contribution in [3.05, 3.63) is 99.6 Å². The highest BCUT2D eigenvalue weighted by molar-refractivity contribution is 6.30. The maximum atomic E-state index is 12.2. The molecule has 0 saturated heterocycles. The molecule has 1 N–H and O–H groups in total. The lowest BCUT2D eigenvalue weighted by Gasteiger charge is -2.09. The standard InChI is InChI=1S/C24H23ClN2O2/c1-17-10-11-20(18(2)12-17)14-24(28)27-26-15-21-7-3-4-9-23(21)29-16-19-6-5-8-22(25)13-19/h3-13,15H,14,16H2,1-2H3,(H,27,28)/b26-15-. The molecule has 3 rings (SSSR count). The van der Waals surface area contributed by atoms with Gasteiger partial charge >= 0.3 is 0 Å². The van der Waals surface area contributed by atoms with Gasteiger partial charge in [0.15, 0.2) is 0 Å². The summed E-state index contributed by atoms with van der Waals surface area (Å²) in [4.78, 5) is 12.2. The minimum absolute atomic E-state index is 0.162. The monoisotopic (exact) mass is 406 g/mol. The van der Waals surface area contributed by atoms with Crippen molar-refractivity contribution in [3.63, 3.8) is 0 Å². The van der Waals surface area contributed by atoms with E-state index in [4.69, 9.17) is 16.3 Å². The van der Waals surface area contributed by atoms with Crippen LogP contribution in [0.25, 0.3) is 0 Å². The van der Waals surface area contributed by atoms with Crippen LogP contribution in [-0.2, 0) is 17.8 Å². The van der Waals surface area contributed by atoms with Crippen LogP contribution in [-0.4, -0.2) is 12.1 Å². The summed E-state index contributed by atoms with van der Waals surface area (Å²) in [7, 11) is 0. The van der Waals surface area contributed by atoms with Gasteiger partial charge in [0.2, 0.25) is 5.91 Å². The van der Waals surface area contributed by atoms with E-state index >= 15 is 0 Å². The topological polar surface area (TPSA) is 50.7 Å². The van der Waals surface area contributed by atoms with Crippen LogP contribution in [0.2, 0.25) is 5.02 Å². The molecule has 1 amide bonds. The molecule has 4 nitrogen and oxygen atoms in total. The molecule has 148 valence electrons. The summed E-state index contributed by atoms with van der Waals surface area (Å²) >= 11 is 6.01. The van der Waals surface area contributed by atoms with Crippen LogP contribution in [0.3, 0.4) is 0 Å². The van der Waals surface area contributed by atoms with E-state index < -0.39 is 0 Å². The van der Waals surface area contributed by atoms with E-state index in [1.54, 1.807) is 6.21 Å². The third kappa shape index (κ3) is 6.19. The molecule has 0 spiro atoms. The van der Waals surface area contributed by atoms with Gasteiger partial charge in [-0.2, -0.15) is 5.10 Å². The molecule has 3 aromatic rings. The fourth-order valence-corrected chi connectivity index (χ4v) is 3.15. The van der Waals surface area contributed by atoms with Crippen LogP contribution in [0.4, 0.5) is 0 Å². The summed E-state index contributed by atoms with van der Waals surface area (Å²) in [5.74, 6) is 0.519. The predicted octanol–water partition coefficient (Wildman–Crippen LogP) is 5.23. The van der Waals surface area contributed by atoms with E-state index in [0.29, 0.717) is 17.4 Å². The average Bonchev–Trinajstić information content (AvgIpc) is 2.69. The number of halogens is 1. The zero-order valence-electron chi connectivity index (χ0n) is 16.5. The van der Waals surface area contributed by atoms with Gasteiger partial charge in [-0.15, -0.1) is 0 Å². The Morgan fingerprint density at radius 3 is 2.69 bits per heavy atom. The molecule has 0 saturated carbocycles. The van der Waals surface area contributed by atoms with Crippen LogP contribution >= 0.6 is 11.6 Å². The first-order chi connectivity index (χ1) is 14.0. The first kappa shape index (κ1) is 20.6. The smallest absolute Gasteiger partial charge is 0.244 e. The lowest BCUT2D eigenvalue weighted by Crippen LogP contribution is -2.20. The lowest BCUT2D eigenvalue weighted by molar-refractivity contribution is -0.120. The first-order valence-corrected chi connectivity index (χ1v) is 9.73. The quantitative estimate of drug-likeness (QED) is 0.431. The molecule has 0 atom stereocenters. The molecular weight excluding hydrogens is 384 g/mol.